The van der Waals surface area contributed by atoms with Gasteiger partial charge in [-0.2, -0.15) is 0 Å². The van der Waals surface area contributed by atoms with Crippen molar-refractivity contribution in [2.24, 2.45) is 5.92 Å². The van der Waals surface area contributed by atoms with Gasteiger partial charge in [0.1, 0.15) is 6.04 Å². The van der Waals surface area contributed by atoms with Crippen LogP contribution in [0.25, 0.3) is 0 Å². The van der Waals surface area contributed by atoms with Crippen molar-refractivity contribution < 1.29 is 9.59 Å². The van der Waals surface area contributed by atoms with Gasteiger partial charge in [0, 0.05) is 6.92 Å². The molecule has 0 spiro atoms. The quantitative estimate of drug-likeness (QED) is 0.897. The average Bonchev–Trinajstić information content (AvgIpc) is 2.92. The van der Waals surface area contributed by atoms with Crippen LogP contribution >= 0.6 is 11.6 Å². The number of nitrogens with one attached hydrogen (secondary N) is 2. The average molecular weight is 295 g/mol. The van der Waals surface area contributed by atoms with Gasteiger partial charge in [0.2, 0.25) is 11.8 Å². The topological polar surface area (TPSA) is 58.2 Å². The Balaban J connectivity index is 2.09. The Morgan fingerprint density at radius 2 is 1.90 bits per heavy atom. The van der Waals surface area contributed by atoms with E-state index in [1.165, 1.54) is 6.92 Å². The Hall–Kier alpha value is -1.55. The maximum atomic E-state index is 12.4. The predicted molar refractivity (Wildman–Crippen MR) is 79.6 cm³/mol. The summed E-state index contributed by atoms with van der Waals surface area (Å²) < 4.78 is 0. The van der Waals surface area contributed by atoms with Crippen LogP contribution in [0.1, 0.15) is 32.6 Å². The molecule has 20 heavy (non-hydrogen) atoms. The van der Waals surface area contributed by atoms with Gasteiger partial charge in [-0.1, -0.05) is 36.6 Å². The van der Waals surface area contributed by atoms with E-state index in [9.17, 15) is 9.59 Å². The Kier molecular flexibility index (Phi) is 5.01. The molecule has 2 amide bonds. The van der Waals surface area contributed by atoms with E-state index in [1.807, 2.05) is 6.07 Å². The first-order chi connectivity index (χ1) is 9.58. The van der Waals surface area contributed by atoms with Crippen molar-refractivity contribution >= 4 is 29.1 Å². The maximum absolute atomic E-state index is 12.4. The van der Waals surface area contributed by atoms with Crippen molar-refractivity contribution in [2.75, 3.05) is 5.32 Å². The van der Waals surface area contributed by atoms with Gasteiger partial charge in [-0.25, -0.2) is 0 Å². The third-order valence-electron chi connectivity index (χ3n) is 3.64. The van der Waals surface area contributed by atoms with Gasteiger partial charge in [0.25, 0.3) is 0 Å². The van der Waals surface area contributed by atoms with Crippen LogP contribution < -0.4 is 10.6 Å². The maximum Gasteiger partial charge on any atom is 0.247 e. The van der Waals surface area contributed by atoms with Crippen molar-refractivity contribution in [3.8, 4) is 0 Å². The molecule has 1 atom stereocenters. The molecule has 1 aliphatic carbocycles. The number of amides is 2. The van der Waals surface area contributed by atoms with Crippen LogP contribution in [0, 0.1) is 5.92 Å². The molecule has 0 aliphatic heterocycles. The molecular weight excluding hydrogens is 276 g/mol. The van der Waals surface area contributed by atoms with Crippen LogP contribution in [0.4, 0.5) is 5.69 Å². The van der Waals surface area contributed by atoms with Crippen LogP contribution in [-0.2, 0) is 9.59 Å². The molecule has 0 aromatic heterocycles. The minimum Gasteiger partial charge on any atom is -0.344 e. The molecule has 1 aliphatic rings. The smallest absolute Gasteiger partial charge is 0.247 e. The fourth-order valence-electron chi connectivity index (χ4n) is 2.68. The standard InChI is InChI=1S/C15H19ClN2O2/c1-10(19)17-14(11-6-2-3-7-11)15(20)18-13-9-5-4-8-12(13)16/h4-5,8-9,11,14H,2-3,6-7H2,1H3,(H,17,19)(H,18,20)/t14-/m1/s1. The summed E-state index contributed by atoms with van der Waals surface area (Å²) in [6.45, 7) is 1.44. The van der Waals surface area contributed by atoms with Crippen LogP contribution in [0.5, 0.6) is 0 Å². The molecule has 0 radical (unpaired) electrons. The van der Waals surface area contributed by atoms with Gasteiger partial charge in [0.05, 0.1) is 10.7 Å². The molecule has 4 nitrogen and oxygen atoms in total. The summed E-state index contributed by atoms with van der Waals surface area (Å²) in [6.07, 6.45) is 4.17. The van der Waals surface area contributed by atoms with E-state index in [2.05, 4.69) is 10.6 Å². The molecular formula is C15H19ClN2O2. The lowest BCUT2D eigenvalue weighted by molar-refractivity contribution is -0.126. The summed E-state index contributed by atoms with van der Waals surface area (Å²) in [5, 5.41) is 6.07. The lowest BCUT2D eigenvalue weighted by Gasteiger charge is -2.23. The second-order valence-corrected chi connectivity index (χ2v) is 5.60. The Morgan fingerprint density at radius 3 is 2.50 bits per heavy atom. The van der Waals surface area contributed by atoms with E-state index < -0.39 is 6.04 Å². The third kappa shape index (κ3) is 3.73. The predicted octanol–water partition coefficient (Wildman–Crippen LogP) is 2.97. The van der Waals surface area contributed by atoms with E-state index in [4.69, 9.17) is 11.6 Å². The van der Waals surface area contributed by atoms with E-state index >= 15 is 0 Å². The van der Waals surface area contributed by atoms with E-state index in [-0.39, 0.29) is 17.7 Å². The highest BCUT2D eigenvalue weighted by Crippen LogP contribution is 2.29. The van der Waals surface area contributed by atoms with E-state index in [0.717, 1.165) is 25.7 Å². The van der Waals surface area contributed by atoms with E-state index in [0.29, 0.717) is 10.7 Å². The number of hydrogen-bond acceptors (Lipinski definition) is 2. The van der Waals surface area contributed by atoms with Crippen LogP contribution in [0.15, 0.2) is 24.3 Å². The molecule has 2 N–H and O–H groups in total. The SMILES string of the molecule is CC(=O)N[C@@H](C(=O)Nc1ccccc1Cl)C1CCCC1. The molecule has 1 fully saturated rings. The third-order valence-corrected chi connectivity index (χ3v) is 3.97. The number of hydrogen-bond donors (Lipinski definition) is 2. The van der Waals surface area contributed by atoms with Crippen molar-refractivity contribution in [3.05, 3.63) is 29.3 Å². The minimum atomic E-state index is -0.480. The lowest BCUT2D eigenvalue weighted by atomic mass is 9.97. The molecule has 108 valence electrons. The molecule has 1 aromatic carbocycles. The summed E-state index contributed by atoms with van der Waals surface area (Å²) in [5.74, 6) is -0.169. The normalized spacial score (nSPS) is 16.7. The van der Waals surface area contributed by atoms with Crippen LogP contribution in [-0.4, -0.2) is 17.9 Å². The molecule has 0 heterocycles. The van der Waals surface area contributed by atoms with Crippen LogP contribution in [0.2, 0.25) is 5.02 Å². The Bertz CT molecular complexity index is 498. The molecule has 2 rings (SSSR count). The number of carbonyl (C=O) groups excluding carboxylic acids is 2. The zero-order chi connectivity index (χ0) is 14.5. The van der Waals surface area contributed by atoms with E-state index in [1.54, 1.807) is 18.2 Å². The summed E-state index contributed by atoms with van der Waals surface area (Å²) in [7, 11) is 0. The number of carbonyl (C=O) groups is 2. The number of benzene rings is 1. The number of anilines is 1. The second-order valence-electron chi connectivity index (χ2n) is 5.19. The Labute approximate surface area is 123 Å². The first kappa shape index (κ1) is 14.9. The van der Waals surface area contributed by atoms with Crippen molar-refractivity contribution in [1.29, 1.82) is 0 Å². The second kappa shape index (κ2) is 6.75. The molecule has 0 bridgehead atoms. The molecule has 1 saturated carbocycles. The largest absolute Gasteiger partial charge is 0.344 e. The highest BCUT2D eigenvalue weighted by atomic mass is 35.5. The number of halogens is 1. The fraction of sp³-hybridized carbons (Fsp3) is 0.467. The van der Waals surface area contributed by atoms with Gasteiger partial charge in [-0.05, 0) is 30.9 Å². The van der Waals surface area contributed by atoms with Crippen LogP contribution in [0.3, 0.4) is 0 Å². The van der Waals surface area contributed by atoms with Gasteiger partial charge in [0.15, 0.2) is 0 Å². The zero-order valence-electron chi connectivity index (χ0n) is 11.5. The number of para-hydroxylation sites is 1. The molecule has 0 unspecified atom stereocenters. The zero-order valence-corrected chi connectivity index (χ0v) is 12.2. The molecule has 5 heteroatoms. The van der Waals surface area contributed by atoms with Gasteiger partial charge >= 0.3 is 0 Å². The summed E-state index contributed by atoms with van der Waals surface area (Å²) in [5.41, 5.74) is 0.576. The fourth-order valence-corrected chi connectivity index (χ4v) is 2.86. The highest BCUT2D eigenvalue weighted by molar-refractivity contribution is 6.33. The minimum absolute atomic E-state index is 0.184. The van der Waals surface area contributed by atoms with Crippen molar-refractivity contribution in [1.82, 2.24) is 5.32 Å². The monoisotopic (exact) mass is 294 g/mol. The number of rotatable bonds is 4. The van der Waals surface area contributed by atoms with Crippen molar-refractivity contribution in [3.63, 3.8) is 0 Å². The summed E-state index contributed by atoms with van der Waals surface area (Å²) >= 11 is 6.04. The lowest BCUT2D eigenvalue weighted by Crippen LogP contribution is -2.47. The first-order valence-electron chi connectivity index (χ1n) is 6.90. The molecule has 0 saturated heterocycles. The summed E-state index contributed by atoms with van der Waals surface area (Å²) in [4.78, 5) is 23.7. The summed E-state index contributed by atoms with van der Waals surface area (Å²) in [6, 6.07) is 6.61. The highest BCUT2D eigenvalue weighted by Gasteiger charge is 2.31. The first-order valence-corrected chi connectivity index (χ1v) is 7.28. The van der Waals surface area contributed by atoms with Gasteiger partial charge < -0.3 is 10.6 Å². The Morgan fingerprint density at radius 1 is 1.25 bits per heavy atom. The van der Waals surface area contributed by atoms with Gasteiger partial charge in [-0.3, -0.25) is 9.59 Å². The van der Waals surface area contributed by atoms with Crippen molar-refractivity contribution in [2.45, 2.75) is 38.6 Å². The van der Waals surface area contributed by atoms with Gasteiger partial charge in [-0.15, -0.1) is 0 Å². The molecule has 1 aromatic rings.